The zero-order valence-corrected chi connectivity index (χ0v) is 16.9. The summed E-state index contributed by atoms with van der Waals surface area (Å²) < 4.78 is 4.75. The quantitative estimate of drug-likeness (QED) is 0.162. The van der Waals surface area contributed by atoms with Crippen LogP contribution in [0.2, 0.25) is 0 Å². The van der Waals surface area contributed by atoms with Crippen molar-refractivity contribution < 1.29 is 45.3 Å². The molecule has 0 spiro atoms. The van der Waals surface area contributed by atoms with Crippen LogP contribution in [0.4, 0.5) is 0 Å². The zero-order valence-electron chi connectivity index (χ0n) is 15.9. The summed E-state index contributed by atoms with van der Waals surface area (Å²) in [5.74, 6) is -0.627. The summed E-state index contributed by atoms with van der Waals surface area (Å²) in [6.07, 6.45) is 10.7. The molecule has 0 aliphatic heterocycles. The van der Waals surface area contributed by atoms with Crippen LogP contribution in [0.25, 0.3) is 0 Å². The van der Waals surface area contributed by atoms with Gasteiger partial charge >= 0.3 is 35.5 Å². The summed E-state index contributed by atoms with van der Waals surface area (Å²) in [6, 6.07) is 0. The molecular formula is C16H34N3NaO3. The van der Waals surface area contributed by atoms with Crippen LogP contribution < -0.4 is 46.3 Å². The summed E-state index contributed by atoms with van der Waals surface area (Å²) in [5.41, 5.74) is 10.5. The molecule has 0 rings (SSSR count). The molecule has 5 N–H and O–H groups in total. The van der Waals surface area contributed by atoms with E-state index >= 15 is 0 Å². The summed E-state index contributed by atoms with van der Waals surface area (Å²) in [4.78, 5) is 22.8. The van der Waals surface area contributed by atoms with Crippen LogP contribution in [0.15, 0.2) is 0 Å². The second kappa shape index (κ2) is 18.2. The second-order valence-electron chi connectivity index (χ2n) is 5.70. The Bertz CT molecular complexity index is 308. The van der Waals surface area contributed by atoms with Crippen molar-refractivity contribution in [2.24, 2.45) is 11.5 Å². The zero-order chi connectivity index (χ0) is 16.6. The van der Waals surface area contributed by atoms with Gasteiger partial charge in [-0.15, -0.1) is 0 Å². The van der Waals surface area contributed by atoms with Gasteiger partial charge in [-0.05, 0) is 6.42 Å². The van der Waals surface area contributed by atoms with Gasteiger partial charge in [0, 0.05) is 6.42 Å². The first-order chi connectivity index (χ1) is 10.6. The van der Waals surface area contributed by atoms with Gasteiger partial charge in [0.25, 0.3) is 0 Å². The van der Waals surface area contributed by atoms with E-state index in [9.17, 15) is 9.59 Å². The van der Waals surface area contributed by atoms with Crippen LogP contribution in [0.1, 0.15) is 72.6 Å². The smallest absolute Gasteiger partial charge is 1.00 e. The van der Waals surface area contributed by atoms with Gasteiger partial charge in [-0.2, -0.15) is 0 Å². The fraction of sp³-hybridized carbons (Fsp3) is 0.875. The van der Waals surface area contributed by atoms with Gasteiger partial charge in [0.2, 0.25) is 5.91 Å². The number of carbonyl (C=O) groups excluding carboxylic acids is 2. The van der Waals surface area contributed by atoms with E-state index in [1.807, 2.05) is 0 Å². The molecule has 0 saturated heterocycles. The number of amides is 1. The average molecular weight is 339 g/mol. The molecule has 0 radical (unpaired) electrons. The maximum Gasteiger partial charge on any atom is 1.00 e. The molecule has 132 valence electrons. The van der Waals surface area contributed by atoms with Gasteiger partial charge in [-0.25, -0.2) is 0 Å². The summed E-state index contributed by atoms with van der Waals surface area (Å²) in [7, 11) is 0. The Labute approximate surface area is 164 Å². The number of nitrogens with one attached hydrogen (secondary N) is 1. The van der Waals surface area contributed by atoms with E-state index in [-0.39, 0.29) is 50.0 Å². The van der Waals surface area contributed by atoms with E-state index in [0.29, 0.717) is 6.42 Å². The third kappa shape index (κ3) is 19.8. The van der Waals surface area contributed by atoms with Gasteiger partial charge in [0.1, 0.15) is 13.2 Å². The van der Waals surface area contributed by atoms with Gasteiger partial charge in [0.15, 0.2) is 0 Å². The van der Waals surface area contributed by atoms with Crippen molar-refractivity contribution in [1.82, 2.24) is 5.32 Å². The molecule has 0 heterocycles. The first-order valence-electron chi connectivity index (χ1n) is 8.49. The van der Waals surface area contributed by atoms with Crippen molar-refractivity contribution >= 4 is 11.9 Å². The number of hydrogen-bond acceptors (Lipinski definition) is 5. The third-order valence-corrected chi connectivity index (χ3v) is 3.37. The van der Waals surface area contributed by atoms with Crippen molar-refractivity contribution in [2.75, 3.05) is 13.2 Å². The van der Waals surface area contributed by atoms with Crippen molar-refractivity contribution in [1.29, 1.82) is 0 Å². The fourth-order valence-corrected chi connectivity index (χ4v) is 2.10. The van der Waals surface area contributed by atoms with E-state index in [1.54, 1.807) is 0 Å². The number of carbonyl (C=O) groups is 2. The predicted octanol–water partition coefficient (Wildman–Crippen LogP) is -1.07. The van der Waals surface area contributed by atoms with Crippen LogP contribution in [0.5, 0.6) is 0 Å². The van der Waals surface area contributed by atoms with Crippen LogP contribution in [-0.4, -0.2) is 31.2 Å². The molecule has 0 bridgehead atoms. The molecule has 0 aromatic carbocycles. The molecular weight excluding hydrogens is 305 g/mol. The Kier molecular flexibility index (Phi) is 19.9. The van der Waals surface area contributed by atoms with Gasteiger partial charge in [-0.3, -0.25) is 9.59 Å². The summed E-state index contributed by atoms with van der Waals surface area (Å²) >= 11 is 0. The maximum absolute atomic E-state index is 11.5. The number of hydrogen-bond donors (Lipinski definition) is 3. The van der Waals surface area contributed by atoms with Crippen LogP contribution >= 0.6 is 0 Å². The second-order valence-corrected chi connectivity index (χ2v) is 5.70. The predicted molar refractivity (Wildman–Crippen MR) is 89.1 cm³/mol. The number of unbranched alkanes of at least 4 members (excludes halogenated alkanes) is 8. The minimum Gasteiger partial charge on any atom is -1.00 e. The Morgan fingerprint density at radius 3 is 2.04 bits per heavy atom. The van der Waals surface area contributed by atoms with E-state index in [1.165, 1.54) is 44.9 Å². The normalized spacial score (nSPS) is 10.3. The number of nitrogens with two attached hydrogens (primary N) is 2. The minimum absolute atomic E-state index is 0. The van der Waals surface area contributed by atoms with Crippen molar-refractivity contribution in [3.05, 3.63) is 0 Å². The number of ether oxygens (including phenoxy) is 1. The Balaban J connectivity index is -0.00000220. The average Bonchev–Trinajstić information content (AvgIpc) is 2.49. The fourth-order valence-electron chi connectivity index (χ4n) is 2.10. The minimum atomic E-state index is -0.679. The van der Waals surface area contributed by atoms with E-state index in [4.69, 9.17) is 16.2 Å². The van der Waals surface area contributed by atoms with Crippen molar-refractivity contribution in [3.63, 3.8) is 0 Å². The molecule has 7 heteroatoms. The molecule has 0 unspecified atom stereocenters. The van der Waals surface area contributed by atoms with Gasteiger partial charge in [-0.1, -0.05) is 58.3 Å². The van der Waals surface area contributed by atoms with Crippen molar-refractivity contribution in [3.8, 4) is 0 Å². The molecule has 0 saturated carbocycles. The monoisotopic (exact) mass is 339 g/mol. The SMILES string of the molecule is CCCCCCCCCCCC(=O)NCC(=O)OCC(N)N.[H-].[Na+]. The van der Waals surface area contributed by atoms with Gasteiger partial charge < -0.3 is 22.9 Å². The standard InChI is InChI=1S/C16H33N3O3.Na.H/c1-2-3-4-5-6-7-8-9-10-11-15(20)19-12-16(21)22-13-14(17)18;;/h14H,2-13,17-18H2,1H3,(H,19,20);;/q;+1;-1. The first kappa shape index (κ1) is 25.1. The van der Waals surface area contributed by atoms with E-state index in [0.717, 1.165) is 12.8 Å². The number of esters is 1. The number of rotatable bonds is 14. The molecule has 0 atom stereocenters. The molecule has 0 aliphatic rings. The summed E-state index contributed by atoms with van der Waals surface area (Å²) in [5, 5.41) is 2.54. The summed E-state index contributed by atoms with van der Waals surface area (Å²) in [6.45, 7) is 2.06. The largest absolute Gasteiger partial charge is 1.00 e. The van der Waals surface area contributed by atoms with Crippen molar-refractivity contribution in [2.45, 2.75) is 77.3 Å². The third-order valence-electron chi connectivity index (χ3n) is 3.37. The molecule has 0 aromatic rings. The van der Waals surface area contributed by atoms with E-state index < -0.39 is 12.1 Å². The Hall–Kier alpha value is -0.140. The molecule has 1 amide bonds. The Morgan fingerprint density at radius 2 is 1.52 bits per heavy atom. The molecule has 0 aliphatic carbocycles. The molecule has 23 heavy (non-hydrogen) atoms. The van der Waals surface area contributed by atoms with E-state index in [2.05, 4.69) is 12.2 Å². The van der Waals surface area contributed by atoms with Crippen LogP contribution in [0, 0.1) is 0 Å². The Morgan fingerprint density at radius 1 is 1.00 bits per heavy atom. The molecule has 0 aromatic heterocycles. The van der Waals surface area contributed by atoms with Crippen LogP contribution in [0.3, 0.4) is 0 Å². The molecule has 0 fully saturated rings. The van der Waals surface area contributed by atoms with Gasteiger partial charge in [0.05, 0.1) is 6.17 Å². The first-order valence-corrected chi connectivity index (χ1v) is 8.49. The molecule has 6 nitrogen and oxygen atoms in total. The maximum atomic E-state index is 11.5. The van der Waals surface area contributed by atoms with Crippen LogP contribution in [-0.2, 0) is 14.3 Å². The topological polar surface area (TPSA) is 107 Å².